The van der Waals surface area contributed by atoms with Gasteiger partial charge >= 0.3 is 5.97 Å². The fourth-order valence-corrected chi connectivity index (χ4v) is 1.14. The molecule has 1 N–H and O–H groups in total. The molecule has 16 heavy (non-hydrogen) atoms. The molecule has 4 heteroatoms. The minimum Gasteiger partial charge on any atom is -0.459 e. The van der Waals surface area contributed by atoms with Crippen molar-refractivity contribution in [3.8, 4) is 0 Å². The van der Waals surface area contributed by atoms with Crippen molar-refractivity contribution >= 4 is 5.97 Å². The van der Waals surface area contributed by atoms with E-state index in [1.54, 1.807) is 6.92 Å². The van der Waals surface area contributed by atoms with E-state index < -0.39 is 12.1 Å². The summed E-state index contributed by atoms with van der Waals surface area (Å²) in [4.78, 5) is 11.4. The Labute approximate surface area is 94.8 Å². The van der Waals surface area contributed by atoms with Crippen molar-refractivity contribution in [1.29, 1.82) is 0 Å². The molecule has 0 amide bonds. The van der Waals surface area contributed by atoms with Crippen LogP contribution in [0.1, 0.15) is 12.5 Å². The minimum atomic E-state index is -0.643. The first-order valence-corrected chi connectivity index (χ1v) is 5.17. The zero-order chi connectivity index (χ0) is 11.8. The van der Waals surface area contributed by atoms with E-state index in [0.29, 0.717) is 0 Å². The highest BCUT2D eigenvalue weighted by atomic mass is 16.6. The zero-order valence-electron chi connectivity index (χ0n) is 9.26. The largest absolute Gasteiger partial charge is 0.459 e. The number of carbonyl (C=O) groups is 1. The van der Waals surface area contributed by atoms with Gasteiger partial charge < -0.3 is 14.6 Å². The van der Waals surface area contributed by atoms with E-state index in [4.69, 9.17) is 14.6 Å². The van der Waals surface area contributed by atoms with Gasteiger partial charge in [0.15, 0.2) is 6.10 Å². The Bertz CT molecular complexity index is 310. The second kappa shape index (κ2) is 6.98. The van der Waals surface area contributed by atoms with Crippen molar-refractivity contribution in [1.82, 2.24) is 0 Å². The Morgan fingerprint density at radius 3 is 2.69 bits per heavy atom. The number of hydrogen-bond donors (Lipinski definition) is 1. The minimum absolute atomic E-state index is 0.101. The summed E-state index contributed by atoms with van der Waals surface area (Å²) in [6.07, 6.45) is -0.643. The third kappa shape index (κ3) is 4.42. The van der Waals surface area contributed by atoms with Crippen molar-refractivity contribution in [3.05, 3.63) is 35.9 Å². The standard InChI is InChI=1S/C12H16O4/c1-10(15-8-7-13)12(14)16-9-11-5-3-2-4-6-11/h2-6,10,13H,7-9H2,1H3. The molecule has 0 spiro atoms. The molecule has 4 nitrogen and oxygen atoms in total. The second-order valence-electron chi connectivity index (χ2n) is 3.33. The summed E-state index contributed by atoms with van der Waals surface area (Å²) in [6.45, 7) is 1.88. The molecule has 1 unspecified atom stereocenters. The summed E-state index contributed by atoms with van der Waals surface area (Å²) in [6, 6.07) is 9.43. The molecule has 0 aromatic heterocycles. The smallest absolute Gasteiger partial charge is 0.335 e. The monoisotopic (exact) mass is 224 g/mol. The third-order valence-electron chi connectivity index (χ3n) is 2.01. The summed E-state index contributed by atoms with van der Waals surface area (Å²) in [5.74, 6) is -0.419. The first-order chi connectivity index (χ1) is 7.74. The van der Waals surface area contributed by atoms with Crippen LogP contribution in [-0.4, -0.2) is 30.4 Å². The van der Waals surface area contributed by atoms with Crippen molar-refractivity contribution in [3.63, 3.8) is 0 Å². The predicted molar refractivity (Wildman–Crippen MR) is 58.7 cm³/mol. The average molecular weight is 224 g/mol. The first kappa shape index (κ1) is 12.7. The molecule has 1 aromatic carbocycles. The van der Waals surface area contributed by atoms with Gasteiger partial charge in [-0.15, -0.1) is 0 Å². The highest BCUT2D eigenvalue weighted by molar-refractivity contribution is 5.74. The molecule has 1 aromatic rings. The lowest BCUT2D eigenvalue weighted by molar-refractivity contribution is -0.157. The van der Waals surface area contributed by atoms with Crippen LogP contribution >= 0.6 is 0 Å². The molecule has 0 bridgehead atoms. The molecule has 0 radical (unpaired) electrons. The van der Waals surface area contributed by atoms with Crippen molar-refractivity contribution in [2.45, 2.75) is 19.6 Å². The number of aliphatic hydroxyl groups excluding tert-OH is 1. The number of carbonyl (C=O) groups excluding carboxylic acids is 1. The lowest BCUT2D eigenvalue weighted by Gasteiger charge is -2.11. The lowest BCUT2D eigenvalue weighted by Crippen LogP contribution is -2.24. The summed E-state index contributed by atoms with van der Waals surface area (Å²) in [7, 11) is 0. The Hall–Kier alpha value is -1.39. The number of rotatable bonds is 6. The van der Waals surface area contributed by atoms with E-state index in [0.717, 1.165) is 5.56 Å². The number of hydrogen-bond acceptors (Lipinski definition) is 4. The van der Waals surface area contributed by atoms with E-state index in [1.165, 1.54) is 0 Å². The van der Waals surface area contributed by atoms with E-state index in [-0.39, 0.29) is 19.8 Å². The normalized spacial score (nSPS) is 12.1. The van der Waals surface area contributed by atoms with Gasteiger partial charge in [0.25, 0.3) is 0 Å². The van der Waals surface area contributed by atoms with Crippen molar-refractivity contribution in [2.24, 2.45) is 0 Å². The quantitative estimate of drug-likeness (QED) is 0.736. The summed E-state index contributed by atoms with van der Waals surface area (Å²) < 4.78 is 10.1. The van der Waals surface area contributed by atoms with E-state index >= 15 is 0 Å². The van der Waals surface area contributed by atoms with Gasteiger partial charge in [0, 0.05) is 0 Å². The maximum absolute atomic E-state index is 11.4. The molecule has 0 aliphatic heterocycles. The first-order valence-electron chi connectivity index (χ1n) is 5.17. The van der Waals surface area contributed by atoms with Crippen LogP contribution in [0.4, 0.5) is 0 Å². The Morgan fingerprint density at radius 2 is 2.06 bits per heavy atom. The van der Waals surface area contributed by atoms with Gasteiger partial charge in [0.1, 0.15) is 6.61 Å². The number of aliphatic hydroxyl groups is 1. The fourth-order valence-electron chi connectivity index (χ4n) is 1.14. The summed E-state index contributed by atoms with van der Waals surface area (Å²) >= 11 is 0. The van der Waals surface area contributed by atoms with Gasteiger partial charge in [-0.2, -0.15) is 0 Å². The zero-order valence-corrected chi connectivity index (χ0v) is 9.26. The van der Waals surface area contributed by atoms with Gasteiger partial charge in [0.2, 0.25) is 0 Å². The van der Waals surface area contributed by atoms with Crippen LogP contribution in [0.5, 0.6) is 0 Å². The molecule has 0 aliphatic rings. The number of esters is 1. The van der Waals surface area contributed by atoms with Gasteiger partial charge in [-0.25, -0.2) is 4.79 Å². The molecule has 1 rings (SSSR count). The molecular weight excluding hydrogens is 208 g/mol. The molecular formula is C12H16O4. The van der Waals surface area contributed by atoms with Crippen LogP contribution in [0.25, 0.3) is 0 Å². The van der Waals surface area contributed by atoms with Crippen LogP contribution < -0.4 is 0 Å². The SMILES string of the molecule is CC(OCCO)C(=O)OCc1ccccc1. The molecule has 0 saturated carbocycles. The van der Waals surface area contributed by atoms with Crippen LogP contribution in [0.15, 0.2) is 30.3 Å². The Kier molecular flexibility index (Phi) is 5.53. The highest BCUT2D eigenvalue weighted by Crippen LogP contribution is 2.03. The van der Waals surface area contributed by atoms with Gasteiger partial charge in [0.05, 0.1) is 13.2 Å². The van der Waals surface area contributed by atoms with Crippen molar-refractivity contribution in [2.75, 3.05) is 13.2 Å². The van der Waals surface area contributed by atoms with Crippen molar-refractivity contribution < 1.29 is 19.4 Å². The molecule has 0 aliphatic carbocycles. The maximum Gasteiger partial charge on any atom is 0.335 e. The number of ether oxygens (including phenoxy) is 2. The van der Waals surface area contributed by atoms with Gasteiger partial charge in [-0.3, -0.25) is 0 Å². The average Bonchev–Trinajstić information content (AvgIpc) is 2.34. The topological polar surface area (TPSA) is 55.8 Å². The number of benzene rings is 1. The Balaban J connectivity index is 2.29. The van der Waals surface area contributed by atoms with Gasteiger partial charge in [-0.1, -0.05) is 30.3 Å². The molecule has 88 valence electrons. The predicted octanol–water partition coefficient (Wildman–Crippen LogP) is 1.13. The highest BCUT2D eigenvalue weighted by Gasteiger charge is 2.14. The summed E-state index contributed by atoms with van der Waals surface area (Å²) in [5, 5.41) is 8.53. The van der Waals surface area contributed by atoms with E-state index in [2.05, 4.69) is 0 Å². The van der Waals surface area contributed by atoms with Gasteiger partial charge in [-0.05, 0) is 12.5 Å². The lowest BCUT2D eigenvalue weighted by atomic mass is 10.2. The Morgan fingerprint density at radius 1 is 1.38 bits per heavy atom. The van der Waals surface area contributed by atoms with Crippen LogP contribution in [-0.2, 0) is 20.9 Å². The van der Waals surface area contributed by atoms with Crippen LogP contribution in [0, 0.1) is 0 Å². The van der Waals surface area contributed by atoms with E-state index in [1.807, 2.05) is 30.3 Å². The fraction of sp³-hybridized carbons (Fsp3) is 0.417. The molecule has 0 fully saturated rings. The maximum atomic E-state index is 11.4. The molecule has 1 atom stereocenters. The van der Waals surface area contributed by atoms with E-state index in [9.17, 15) is 4.79 Å². The van der Waals surface area contributed by atoms with Crippen LogP contribution in [0.3, 0.4) is 0 Å². The summed E-state index contributed by atoms with van der Waals surface area (Å²) in [5.41, 5.74) is 0.935. The molecule has 0 saturated heterocycles. The van der Waals surface area contributed by atoms with Crippen LogP contribution in [0.2, 0.25) is 0 Å². The third-order valence-corrected chi connectivity index (χ3v) is 2.01. The molecule has 0 heterocycles. The second-order valence-corrected chi connectivity index (χ2v) is 3.33.